The lowest BCUT2D eigenvalue weighted by atomic mass is 10.0. The third-order valence-electron chi connectivity index (χ3n) is 7.28. The standard InChI is InChI=1S/C36H36N2O4/c39-25-33(38(23-28-9-3-1-4-10-28)24-34(40)26-42-35-13-5-2-6-14-35)21-27-15-19-32(20-16-27)37-36(41)31-18-17-29-11-7-8-12-30(29)22-31/h1-20,22,33-34,39-40H,21,23-26H2,(H,37,41). The van der Waals surface area contributed by atoms with E-state index in [1.807, 2.05) is 127 Å². The number of carbonyl (C=O) groups excluding carboxylic acids is 1. The average molecular weight is 561 g/mol. The molecule has 214 valence electrons. The first-order valence-electron chi connectivity index (χ1n) is 14.2. The maximum absolute atomic E-state index is 12.9. The predicted molar refractivity (Wildman–Crippen MR) is 168 cm³/mol. The molecule has 42 heavy (non-hydrogen) atoms. The van der Waals surface area contributed by atoms with Gasteiger partial charge in [-0.3, -0.25) is 9.69 Å². The fourth-order valence-corrected chi connectivity index (χ4v) is 5.03. The number of hydrogen-bond acceptors (Lipinski definition) is 5. The summed E-state index contributed by atoms with van der Waals surface area (Å²) in [5, 5.41) is 26.4. The zero-order chi connectivity index (χ0) is 29.1. The molecule has 2 unspecified atom stereocenters. The molecule has 0 saturated carbocycles. The second kappa shape index (κ2) is 14.4. The highest BCUT2D eigenvalue weighted by Crippen LogP contribution is 2.19. The number of anilines is 1. The molecular formula is C36H36N2O4. The summed E-state index contributed by atoms with van der Waals surface area (Å²) in [6.07, 6.45) is -0.162. The Kier molecular flexibility index (Phi) is 9.96. The summed E-state index contributed by atoms with van der Waals surface area (Å²) in [6.45, 7) is 1.000. The minimum Gasteiger partial charge on any atom is -0.491 e. The molecule has 6 heteroatoms. The number of aliphatic hydroxyl groups excluding tert-OH is 2. The van der Waals surface area contributed by atoms with Gasteiger partial charge in [-0.1, -0.05) is 91.0 Å². The fraction of sp³-hybridized carbons (Fsp3) is 0.194. The lowest BCUT2D eigenvalue weighted by molar-refractivity contribution is 0.0335. The second-order valence-corrected chi connectivity index (χ2v) is 10.4. The minimum absolute atomic E-state index is 0.0699. The van der Waals surface area contributed by atoms with Crippen molar-refractivity contribution >= 4 is 22.4 Å². The van der Waals surface area contributed by atoms with Crippen molar-refractivity contribution in [3.8, 4) is 5.75 Å². The van der Waals surface area contributed by atoms with E-state index in [9.17, 15) is 15.0 Å². The van der Waals surface area contributed by atoms with Crippen LogP contribution in [0, 0.1) is 0 Å². The van der Waals surface area contributed by atoms with Gasteiger partial charge in [0.05, 0.1) is 6.61 Å². The number of amides is 1. The van der Waals surface area contributed by atoms with Crippen molar-refractivity contribution in [3.63, 3.8) is 0 Å². The molecule has 0 aliphatic rings. The highest BCUT2D eigenvalue weighted by atomic mass is 16.5. The Balaban J connectivity index is 1.23. The van der Waals surface area contributed by atoms with Crippen LogP contribution in [0.2, 0.25) is 0 Å². The normalized spacial score (nSPS) is 12.6. The van der Waals surface area contributed by atoms with E-state index in [0.29, 0.717) is 36.5 Å². The molecule has 0 fully saturated rings. The van der Waals surface area contributed by atoms with Crippen LogP contribution in [0.3, 0.4) is 0 Å². The molecule has 3 N–H and O–H groups in total. The van der Waals surface area contributed by atoms with E-state index in [-0.39, 0.29) is 25.2 Å². The number of benzene rings is 5. The van der Waals surface area contributed by atoms with Gasteiger partial charge in [-0.05, 0) is 64.7 Å². The van der Waals surface area contributed by atoms with Crippen LogP contribution >= 0.6 is 0 Å². The maximum atomic E-state index is 12.9. The Bertz CT molecular complexity index is 1560. The summed E-state index contributed by atoms with van der Waals surface area (Å²) in [5.41, 5.74) is 3.42. The molecule has 0 saturated heterocycles. The molecule has 5 aromatic rings. The molecule has 0 heterocycles. The number of ether oxygens (including phenoxy) is 1. The first-order chi connectivity index (χ1) is 20.6. The summed E-state index contributed by atoms with van der Waals surface area (Å²) in [5.74, 6) is 0.542. The van der Waals surface area contributed by atoms with Gasteiger partial charge in [-0.25, -0.2) is 0 Å². The quantitative estimate of drug-likeness (QED) is 0.166. The number of nitrogens with one attached hydrogen (secondary N) is 1. The zero-order valence-electron chi connectivity index (χ0n) is 23.5. The molecule has 1 amide bonds. The molecule has 0 aromatic heterocycles. The molecule has 0 radical (unpaired) electrons. The fourth-order valence-electron chi connectivity index (χ4n) is 5.03. The van der Waals surface area contributed by atoms with Crippen molar-refractivity contribution < 1.29 is 19.7 Å². The topological polar surface area (TPSA) is 82.0 Å². The number of para-hydroxylation sites is 1. The Morgan fingerprint density at radius 2 is 1.43 bits per heavy atom. The van der Waals surface area contributed by atoms with Crippen LogP contribution in [-0.2, 0) is 13.0 Å². The van der Waals surface area contributed by atoms with E-state index in [0.717, 1.165) is 21.9 Å². The van der Waals surface area contributed by atoms with Gasteiger partial charge < -0.3 is 20.3 Å². The van der Waals surface area contributed by atoms with Gasteiger partial charge in [-0.15, -0.1) is 0 Å². The van der Waals surface area contributed by atoms with Crippen LogP contribution < -0.4 is 10.1 Å². The minimum atomic E-state index is -0.740. The molecule has 6 nitrogen and oxygen atoms in total. The summed E-state index contributed by atoms with van der Waals surface area (Å²) < 4.78 is 5.77. The highest BCUT2D eigenvalue weighted by Gasteiger charge is 2.22. The number of rotatable bonds is 13. The summed E-state index contributed by atoms with van der Waals surface area (Å²) in [6, 6.07) is 40.6. The van der Waals surface area contributed by atoms with E-state index in [1.54, 1.807) is 0 Å². The lowest BCUT2D eigenvalue weighted by Crippen LogP contribution is -2.44. The van der Waals surface area contributed by atoms with Gasteiger partial charge in [0.1, 0.15) is 18.5 Å². The SMILES string of the molecule is O=C(Nc1ccc(CC(CO)N(Cc2ccccc2)CC(O)COc2ccccc2)cc1)c1ccc2ccccc2c1. The Hall–Kier alpha value is -4.49. The van der Waals surface area contributed by atoms with Gasteiger partial charge in [0.2, 0.25) is 0 Å². The van der Waals surface area contributed by atoms with Crippen LogP contribution in [-0.4, -0.2) is 52.9 Å². The van der Waals surface area contributed by atoms with E-state index in [4.69, 9.17) is 4.74 Å². The first-order valence-corrected chi connectivity index (χ1v) is 14.2. The second-order valence-electron chi connectivity index (χ2n) is 10.4. The molecule has 0 spiro atoms. The number of nitrogens with zero attached hydrogens (tertiary/aromatic N) is 1. The van der Waals surface area contributed by atoms with Crippen molar-refractivity contribution in [1.29, 1.82) is 0 Å². The van der Waals surface area contributed by atoms with E-state index < -0.39 is 6.10 Å². The summed E-state index contributed by atoms with van der Waals surface area (Å²) in [7, 11) is 0. The van der Waals surface area contributed by atoms with Crippen LogP contribution in [0.5, 0.6) is 5.75 Å². The largest absolute Gasteiger partial charge is 0.491 e. The van der Waals surface area contributed by atoms with Crippen molar-refractivity contribution in [2.75, 3.05) is 25.1 Å². The van der Waals surface area contributed by atoms with Crippen molar-refractivity contribution in [2.24, 2.45) is 0 Å². The number of carbonyl (C=O) groups is 1. The average Bonchev–Trinajstić information content (AvgIpc) is 3.04. The van der Waals surface area contributed by atoms with Gasteiger partial charge in [0.15, 0.2) is 0 Å². The van der Waals surface area contributed by atoms with Crippen LogP contribution in [0.25, 0.3) is 10.8 Å². The Labute approximate surface area is 246 Å². The van der Waals surface area contributed by atoms with E-state index in [1.165, 1.54) is 0 Å². The predicted octanol–water partition coefficient (Wildman–Crippen LogP) is 5.94. The zero-order valence-corrected chi connectivity index (χ0v) is 23.5. The number of hydrogen-bond donors (Lipinski definition) is 3. The molecule has 5 aromatic carbocycles. The Morgan fingerprint density at radius 3 is 2.14 bits per heavy atom. The molecule has 2 atom stereocenters. The van der Waals surface area contributed by atoms with Crippen molar-refractivity contribution in [1.82, 2.24) is 4.90 Å². The van der Waals surface area contributed by atoms with Crippen LogP contribution in [0.15, 0.2) is 127 Å². The van der Waals surface area contributed by atoms with E-state index in [2.05, 4.69) is 10.2 Å². The van der Waals surface area contributed by atoms with Crippen LogP contribution in [0.1, 0.15) is 21.5 Å². The molecule has 0 aliphatic heterocycles. The molecular weight excluding hydrogens is 524 g/mol. The van der Waals surface area contributed by atoms with Crippen molar-refractivity contribution in [2.45, 2.75) is 25.1 Å². The van der Waals surface area contributed by atoms with Crippen molar-refractivity contribution in [3.05, 3.63) is 144 Å². The smallest absolute Gasteiger partial charge is 0.255 e. The molecule has 5 rings (SSSR count). The maximum Gasteiger partial charge on any atom is 0.255 e. The third kappa shape index (κ3) is 8.04. The number of aliphatic hydroxyl groups is 2. The Morgan fingerprint density at radius 1 is 0.762 bits per heavy atom. The first kappa shape index (κ1) is 29.0. The summed E-state index contributed by atoms with van der Waals surface area (Å²) >= 11 is 0. The lowest BCUT2D eigenvalue weighted by Gasteiger charge is -2.32. The van der Waals surface area contributed by atoms with E-state index >= 15 is 0 Å². The summed E-state index contributed by atoms with van der Waals surface area (Å²) in [4.78, 5) is 15.0. The molecule has 0 bridgehead atoms. The highest BCUT2D eigenvalue weighted by molar-refractivity contribution is 6.06. The van der Waals surface area contributed by atoms with Gasteiger partial charge >= 0.3 is 0 Å². The number of fused-ring (bicyclic) bond motifs is 1. The van der Waals surface area contributed by atoms with Crippen LogP contribution in [0.4, 0.5) is 5.69 Å². The molecule has 0 aliphatic carbocycles. The monoisotopic (exact) mass is 560 g/mol. The van der Waals surface area contributed by atoms with Gasteiger partial charge in [0, 0.05) is 30.4 Å². The van der Waals surface area contributed by atoms with Gasteiger partial charge in [-0.2, -0.15) is 0 Å². The third-order valence-corrected chi connectivity index (χ3v) is 7.28. The van der Waals surface area contributed by atoms with Gasteiger partial charge in [0.25, 0.3) is 5.91 Å².